The van der Waals surface area contributed by atoms with Crippen molar-refractivity contribution in [1.29, 1.82) is 0 Å². The van der Waals surface area contributed by atoms with E-state index in [4.69, 9.17) is 33.7 Å². The third kappa shape index (κ3) is 28.4. The second kappa shape index (κ2) is 36.4. The van der Waals surface area contributed by atoms with Crippen molar-refractivity contribution in [3.63, 3.8) is 0 Å². The molecule has 416 valence electrons. The van der Waals surface area contributed by atoms with E-state index in [2.05, 4.69) is 42.2 Å². The van der Waals surface area contributed by atoms with Gasteiger partial charge in [0.1, 0.15) is 30.7 Å². The quantitative estimate of drug-likeness (QED) is 0.0134. The molecule has 2 saturated heterocycles. The number of unbranched alkanes of at least 4 members (excludes halogenated alkanes) is 20. The summed E-state index contributed by atoms with van der Waals surface area (Å²) in [5.41, 5.74) is 4.59. The van der Waals surface area contributed by atoms with Crippen LogP contribution in [-0.2, 0) is 51.0 Å². The summed E-state index contributed by atoms with van der Waals surface area (Å²) in [4.78, 5) is 62.0. The molecule has 19 nitrogen and oxygen atoms in total. The molecule has 1 aromatic rings. The highest BCUT2D eigenvalue weighted by atomic mass is 31.3. The third-order valence-corrected chi connectivity index (χ3v) is 15.9. The van der Waals surface area contributed by atoms with Crippen molar-refractivity contribution in [1.82, 2.24) is 9.55 Å². The monoisotopic (exact) mass is 1060 g/mol. The van der Waals surface area contributed by atoms with Crippen molar-refractivity contribution >= 4 is 33.4 Å². The van der Waals surface area contributed by atoms with Gasteiger partial charge < -0.3 is 44.7 Å². The van der Waals surface area contributed by atoms with Gasteiger partial charge in [0.15, 0.2) is 12.3 Å². The van der Waals surface area contributed by atoms with E-state index in [1.165, 1.54) is 102 Å². The Balaban J connectivity index is 1.37. The molecule has 0 bridgehead atoms. The highest BCUT2D eigenvalue weighted by Gasteiger charge is 2.46. The molecule has 0 amide bonds. The summed E-state index contributed by atoms with van der Waals surface area (Å²) < 4.78 is 62.7. The molecule has 1 aromatic heterocycles. The summed E-state index contributed by atoms with van der Waals surface area (Å²) in [5.74, 6) is -0.458. The number of phosphoric ester groups is 2. The van der Waals surface area contributed by atoms with Gasteiger partial charge in [-0.2, -0.15) is 9.29 Å². The first-order valence-corrected chi connectivity index (χ1v) is 30.2. The van der Waals surface area contributed by atoms with Crippen LogP contribution in [0.15, 0.2) is 29.2 Å². The second-order valence-corrected chi connectivity index (χ2v) is 22.8. The number of aromatic nitrogens is 2. The van der Waals surface area contributed by atoms with Crippen molar-refractivity contribution in [2.75, 3.05) is 25.6 Å². The van der Waals surface area contributed by atoms with E-state index in [9.17, 15) is 43.5 Å². The Hall–Kier alpha value is -2.54. The van der Waals surface area contributed by atoms with Gasteiger partial charge in [-0.25, -0.2) is 13.9 Å². The van der Waals surface area contributed by atoms with Gasteiger partial charge in [-0.1, -0.05) is 168 Å². The van der Waals surface area contributed by atoms with Gasteiger partial charge in [-0.3, -0.25) is 23.2 Å². The van der Waals surface area contributed by atoms with Crippen molar-refractivity contribution in [2.24, 2.45) is 5.92 Å². The molecule has 0 saturated carbocycles. The molecule has 0 aliphatic carbocycles. The van der Waals surface area contributed by atoms with E-state index in [1.54, 1.807) is 0 Å². The number of rotatable bonds is 44. The van der Waals surface area contributed by atoms with Crippen molar-refractivity contribution in [2.45, 2.75) is 250 Å². The number of hydrogen-bond donors (Lipinski definition) is 5. The molecular weight excluding hydrogens is 973 g/mol. The number of ether oxygens (including phenoxy) is 4. The molecule has 0 aromatic carbocycles. The van der Waals surface area contributed by atoms with Crippen LogP contribution in [0.1, 0.15) is 213 Å². The number of epoxide rings is 1. The predicted molar refractivity (Wildman–Crippen MR) is 275 cm³/mol. The molecule has 3 heterocycles. The first kappa shape index (κ1) is 63.8. The van der Waals surface area contributed by atoms with Crippen LogP contribution in [-0.4, -0.2) is 97.9 Å². The topological polar surface area (TPSA) is 278 Å². The number of nitrogens with two attached hydrogens (primary N) is 1. The predicted octanol–water partition coefficient (Wildman–Crippen LogP) is 10.5. The minimum Gasteiger partial charge on any atom is -0.462 e. The van der Waals surface area contributed by atoms with Gasteiger partial charge in [0.2, 0.25) is 0 Å². The molecule has 10 atom stereocenters. The first-order chi connectivity index (χ1) is 34.5. The summed E-state index contributed by atoms with van der Waals surface area (Å²) in [7, 11) is -10.9. The molecule has 0 radical (unpaired) electrons. The maximum absolute atomic E-state index is 12.9. The normalized spacial score (nSPS) is 22.4. The van der Waals surface area contributed by atoms with Crippen LogP contribution in [0.5, 0.6) is 0 Å². The van der Waals surface area contributed by atoms with Gasteiger partial charge in [-0.15, -0.1) is 0 Å². The van der Waals surface area contributed by atoms with Crippen LogP contribution in [0.25, 0.3) is 0 Å². The lowest BCUT2D eigenvalue weighted by atomic mass is 9.99. The number of aliphatic hydroxyl groups excluding tert-OH is 2. The van der Waals surface area contributed by atoms with E-state index < -0.39 is 83.7 Å². The number of hydrogen-bond acceptors (Lipinski definition) is 16. The Bertz CT molecular complexity index is 1840. The second-order valence-electron chi connectivity index (χ2n) is 19.7. The van der Waals surface area contributed by atoms with Crippen molar-refractivity contribution in [3.05, 3.63) is 34.9 Å². The zero-order valence-electron chi connectivity index (χ0n) is 43.6. The number of anilines is 1. The maximum atomic E-state index is 12.9. The number of allylic oxidation sites excluding steroid dienone is 1. The number of phosphoric acid groups is 2. The molecule has 72 heavy (non-hydrogen) atoms. The van der Waals surface area contributed by atoms with Crippen LogP contribution in [0.4, 0.5) is 5.82 Å². The van der Waals surface area contributed by atoms with Crippen molar-refractivity contribution < 1.29 is 71.0 Å². The molecule has 2 aliphatic rings. The number of aliphatic hydroxyl groups is 2. The fourth-order valence-corrected chi connectivity index (χ4v) is 10.7. The Kier molecular flexibility index (Phi) is 32.3. The zero-order valence-corrected chi connectivity index (χ0v) is 45.4. The number of carbonyl (C=O) groups is 2. The largest absolute Gasteiger partial charge is 0.481 e. The molecule has 2 aliphatic heterocycles. The molecule has 21 heteroatoms. The molecule has 2 fully saturated rings. The smallest absolute Gasteiger partial charge is 0.462 e. The minimum absolute atomic E-state index is 0.0327. The van der Waals surface area contributed by atoms with Crippen molar-refractivity contribution in [3.8, 4) is 0 Å². The van der Waals surface area contributed by atoms with E-state index in [1.807, 2.05) is 0 Å². The highest BCUT2D eigenvalue weighted by molar-refractivity contribution is 7.61. The number of nitrogen functional groups attached to an aromatic ring is 1. The SMILES string of the molecule is CCCCCC1OC1C/C=C\CCCCCCCC(=O)O[C@H](COC(=O)CCCCCCCCCCCCCCCCC(C)CC)COP(=O)(O)OP(=O)(O)OC[C@H]1O[C@@H](n2ccc(N)nc2=O)[C@H](O)[C@@H]1O. The van der Waals surface area contributed by atoms with Crippen LogP contribution in [0, 0.1) is 5.92 Å². The molecule has 3 rings (SSSR count). The summed E-state index contributed by atoms with van der Waals surface area (Å²) in [6.07, 6.45) is 28.8. The standard InChI is InChI=1S/C51H91N3O16P2/c1-4-6-25-31-42-43(68-42)32-27-22-18-15-16-20-24-29-34-47(56)67-41(37-64-46(55)33-28-23-19-14-12-10-8-7-9-11-13-17-21-26-30-40(3)5-2)38-65-71(60,61)70-72(62,63)66-39-44-48(57)49(58)50(69-44)54-36-35-45(52)53-51(54)59/h22,27,35-36,40-44,48-50,57-58H,4-21,23-26,28-34,37-39H2,1-3H3,(H,60,61)(H,62,63)(H2,52,53,59)/b27-22-/t40?,41-,42?,43?,44-,48-,49-,50-/m1/s1. The summed E-state index contributed by atoms with van der Waals surface area (Å²) >= 11 is 0. The van der Waals surface area contributed by atoms with Gasteiger partial charge >= 0.3 is 33.3 Å². The number of nitrogens with zero attached hydrogens (tertiary/aromatic N) is 2. The Morgan fingerprint density at radius 2 is 1.32 bits per heavy atom. The van der Waals surface area contributed by atoms with E-state index in [0.29, 0.717) is 25.0 Å². The van der Waals surface area contributed by atoms with Gasteiger partial charge in [0, 0.05) is 19.0 Å². The molecule has 5 unspecified atom stereocenters. The summed E-state index contributed by atoms with van der Waals surface area (Å²) in [6, 6.07) is 1.25. The Labute approximate surface area is 428 Å². The lowest BCUT2D eigenvalue weighted by Crippen LogP contribution is -2.36. The van der Waals surface area contributed by atoms with Gasteiger partial charge in [0.05, 0.1) is 25.4 Å². The first-order valence-electron chi connectivity index (χ1n) is 27.2. The average molecular weight is 1060 g/mol. The van der Waals surface area contributed by atoms with Crippen LogP contribution >= 0.6 is 15.6 Å². The fraction of sp³-hybridized carbons (Fsp3) is 0.843. The highest BCUT2D eigenvalue weighted by Crippen LogP contribution is 2.60. The number of esters is 2. The van der Waals surface area contributed by atoms with E-state index >= 15 is 0 Å². The van der Waals surface area contributed by atoms with Crippen LogP contribution < -0.4 is 11.4 Å². The zero-order chi connectivity index (χ0) is 52.6. The Morgan fingerprint density at radius 1 is 0.736 bits per heavy atom. The van der Waals surface area contributed by atoms with Crippen LogP contribution in [0.3, 0.4) is 0 Å². The van der Waals surface area contributed by atoms with Crippen LogP contribution in [0.2, 0.25) is 0 Å². The summed E-state index contributed by atoms with van der Waals surface area (Å²) in [6.45, 7) is 4.49. The molecule has 0 spiro atoms. The Morgan fingerprint density at radius 3 is 1.93 bits per heavy atom. The molecule has 6 N–H and O–H groups in total. The third-order valence-electron chi connectivity index (χ3n) is 13.3. The van der Waals surface area contributed by atoms with Gasteiger partial charge in [-0.05, 0) is 50.5 Å². The molecular formula is C51H91N3O16P2. The number of carbonyl (C=O) groups excluding carboxylic acids is 2. The van der Waals surface area contributed by atoms with E-state index in [-0.39, 0.29) is 18.7 Å². The van der Waals surface area contributed by atoms with Gasteiger partial charge in [0.25, 0.3) is 0 Å². The summed E-state index contributed by atoms with van der Waals surface area (Å²) in [5, 5.41) is 20.9. The lowest BCUT2D eigenvalue weighted by molar-refractivity contribution is -0.161. The fourth-order valence-electron chi connectivity index (χ4n) is 8.59. The average Bonchev–Trinajstić information content (AvgIpc) is 4.03. The lowest BCUT2D eigenvalue weighted by Gasteiger charge is -2.21. The maximum Gasteiger partial charge on any atom is 0.481 e. The minimum atomic E-state index is -5.43. The van der Waals surface area contributed by atoms with E-state index in [0.717, 1.165) is 81.1 Å².